The zero-order valence-electron chi connectivity index (χ0n) is 32.1. The lowest BCUT2D eigenvalue weighted by Crippen LogP contribution is -2.16. The van der Waals surface area contributed by atoms with Gasteiger partial charge in [-0.25, -0.2) is 0 Å². The average Bonchev–Trinajstić information content (AvgIpc) is 3.81. The number of anilines is 3. The Bertz CT molecular complexity index is 3030. The fourth-order valence-electron chi connectivity index (χ4n) is 9.89. The summed E-state index contributed by atoms with van der Waals surface area (Å²) in [4.78, 5) is 2.52. The Morgan fingerprint density at radius 3 is 1.77 bits per heavy atom. The highest BCUT2D eigenvalue weighted by atomic mass is 32.1. The normalized spacial score (nSPS) is 14.4. The number of hydrogen-bond acceptors (Lipinski definition) is 2. The van der Waals surface area contributed by atoms with Gasteiger partial charge in [-0.1, -0.05) is 167 Å². The van der Waals surface area contributed by atoms with Gasteiger partial charge in [0.2, 0.25) is 0 Å². The number of para-hydroxylation sites is 1. The van der Waals surface area contributed by atoms with Gasteiger partial charge >= 0.3 is 0 Å². The summed E-state index contributed by atoms with van der Waals surface area (Å²) >= 11 is 1.89. The third kappa shape index (κ3) is 4.72. The van der Waals surface area contributed by atoms with Gasteiger partial charge in [-0.3, -0.25) is 0 Å². The van der Waals surface area contributed by atoms with Gasteiger partial charge in [0.15, 0.2) is 0 Å². The Hall–Kier alpha value is -6.22. The lowest BCUT2D eigenvalue weighted by atomic mass is 9.82. The molecule has 0 unspecified atom stereocenters. The molecule has 2 aliphatic carbocycles. The van der Waals surface area contributed by atoms with Crippen LogP contribution < -0.4 is 4.90 Å². The number of fused-ring (bicyclic) bond motifs is 9. The fraction of sp³-hybridized carbons (Fsp3) is 0.111. The van der Waals surface area contributed by atoms with E-state index in [4.69, 9.17) is 0 Å². The monoisotopic (exact) mass is 735 g/mol. The van der Waals surface area contributed by atoms with Crippen molar-refractivity contribution in [3.8, 4) is 44.5 Å². The second-order valence-corrected chi connectivity index (χ2v) is 17.5. The second kappa shape index (κ2) is 12.1. The third-order valence-corrected chi connectivity index (χ3v) is 13.9. The molecule has 1 heterocycles. The zero-order chi connectivity index (χ0) is 37.8. The van der Waals surface area contributed by atoms with Crippen molar-refractivity contribution in [1.29, 1.82) is 0 Å². The van der Waals surface area contributed by atoms with E-state index >= 15 is 0 Å². The summed E-state index contributed by atoms with van der Waals surface area (Å²) < 4.78 is 2.67. The highest BCUT2D eigenvalue weighted by molar-refractivity contribution is 7.26. The predicted molar refractivity (Wildman–Crippen MR) is 240 cm³/mol. The van der Waals surface area contributed by atoms with Gasteiger partial charge < -0.3 is 4.90 Å². The first-order valence-electron chi connectivity index (χ1n) is 19.7. The van der Waals surface area contributed by atoms with Crippen molar-refractivity contribution in [3.63, 3.8) is 0 Å². The smallest absolute Gasteiger partial charge is 0.0543 e. The highest BCUT2D eigenvalue weighted by Gasteiger charge is 2.38. The number of hydrogen-bond donors (Lipinski definition) is 0. The molecule has 8 aromatic carbocycles. The first-order valence-corrected chi connectivity index (χ1v) is 20.5. The van der Waals surface area contributed by atoms with Crippen molar-refractivity contribution < 1.29 is 0 Å². The topological polar surface area (TPSA) is 3.24 Å². The van der Waals surface area contributed by atoms with Gasteiger partial charge in [0, 0.05) is 47.8 Å². The average molecular weight is 736 g/mol. The van der Waals surface area contributed by atoms with Gasteiger partial charge in [0.25, 0.3) is 0 Å². The molecule has 0 amide bonds. The Morgan fingerprint density at radius 1 is 0.393 bits per heavy atom. The van der Waals surface area contributed by atoms with E-state index in [0.29, 0.717) is 0 Å². The zero-order valence-corrected chi connectivity index (χ0v) is 32.9. The third-order valence-electron chi connectivity index (χ3n) is 12.7. The molecule has 0 N–H and O–H groups in total. The molecular formula is C54H41NS. The van der Waals surface area contributed by atoms with Crippen LogP contribution in [0.3, 0.4) is 0 Å². The quantitative estimate of drug-likeness (QED) is 0.170. The van der Waals surface area contributed by atoms with E-state index in [-0.39, 0.29) is 10.8 Å². The summed E-state index contributed by atoms with van der Waals surface area (Å²) in [6.45, 7) is 9.44. The lowest BCUT2D eigenvalue weighted by molar-refractivity contribution is 0.660. The second-order valence-electron chi connectivity index (χ2n) is 16.5. The lowest BCUT2D eigenvalue weighted by Gasteiger charge is -2.31. The molecule has 0 fully saturated rings. The first kappa shape index (κ1) is 33.1. The SMILES string of the molecule is CC1(C)c2ccccc2-c2cc(-c3ccccc3N(c3ccc(-c4cccc5c4sc4ccccc45)cc3)c3cccc4c3-c3ccccc3C4(C)C)ccc21. The molecule has 0 saturated heterocycles. The molecular weight excluding hydrogens is 695 g/mol. The molecule has 56 heavy (non-hydrogen) atoms. The maximum Gasteiger partial charge on any atom is 0.0543 e. The first-order chi connectivity index (χ1) is 27.3. The molecule has 2 heteroatoms. The molecule has 268 valence electrons. The molecule has 1 aromatic heterocycles. The van der Waals surface area contributed by atoms with Crippen LogP contribution in [-0.4, -0.2) is 0 Å². The van der Waals surface area contributed by atoms with Gasteiger partial charge in [-0.15, -0.1) is 11.3 Å². The van der Waals surface area contributed by atoms with Crippen molar-refractivity contribution in [2.24, 2.45) is 0 Å². The Kier molecular flexibility index (Phi) is 7.18. The van der Waals surface area contributed by atoms with Crippen molar-refractivity contribution in [3.05, 3.63) is 198 Å². The van der Waals surface area contributed by atoms with Crippen LogP contribution in [0.1, 0.15) is 49.9 Å². The Labute approximate surface area is 333 Å². The minimum atomic E-state index is -0.111. The van der Waals surface area contributed by atoms with Crippen LogP contribution in [0.2, 0.25) is 0 Å². The maximum atomic E-state index is 2.52. The van der Waals surface area contributed by atoms with Crippen molar-refractivity contribution in [2.45, 2.75) is 38.5 Å². The van der Waals surface area contributed by atoms with E-state index < -0.39 is 0 Å². The van der Waals surface area contributed by atoms with Crippen molar-refractivity contribution >= 4 is 48.6 Å². The summed E-state index contributed by atoms with van der Waals surface area (Å²) in [5.74, 6) is 0. The summed E-state index contributed by atoms with van der Waals surface area (Å²) in [7, 11) is 0. The van der Waals surface area contributed by atoms with Crippen molar-refractivity contribution in [1.82, 2.24) is 0 Å². The molecule has 0 aliphatic heterocycles. The molecule has 0 atom stereocenters. The summed E-state index contributed by atoms with van der Waals surface area (Å²) in [6.07, 6.45) is 0. The summed E-state index contributed by atoms with van der Waals surface area (Å²) in [5, 5.41) is 2.65. The van der Waals surface area contributed by atoms with E-state index in [1.165, 1.54) is 92.6 Å². The number of rotatable bonds is 5. The van der Waals surface area contributed by atoms with E-state index in [1.54, 1.807) is 0 Å². The van der Waals surface area contributed by atoms with Crippen LogP contribution >= 0.6 is 11.3 Å². The highest BCUT2D eigenvalue weighted by Crippen LogP contribution is 2.56. The molecule has 0 radical (unpaired) electrons. The van der Waals surface area contributed by atoms with Crippen LogP contribution in [0.15, 0.2) is 176 Å². The number of benzene rings is 8. The minimum absolute atomic E-state index is 0.0390. The molecule has 1 nitrogen and oxygen atoms in total. The van der Waals surface area contributed by atoms with Gasteiger partial charge in [-0.2, -0.15) is 0 Å². The van der Waals surface area contributed by atoms with Crippen LogP contribution in [0.4, 0.5) is 17.1 Å². The largest absolute Gasteiger partial charge is 0.309 e. The number of thiophene rings is 1. The summed E-state index contributed by atoms with van der Waals surface area (Å²) in [6, 6.07) is 65.7. The Balaban J connectivity index is 1.12. The van der Waals surface area contributed by atoms with Crippen LogP contribution in [-0.2, 0) is 10.8 Å². The van der Waals surface area contributed by atoms with E-state index in [2.05, 4.69) is 209 Å². The molecule has 0 bridgehead atoms. The van der Waals surface area contributed by atoms with E-state index in [1.807, 2.05) is 11.3 Å². The minimum Gasteiger partial charge on any atom is -0.309 e. The van der Waals surface area contributed by atoms with Gasteiger partial charge in [0.05, 0.1) is 11.4 Å². The molecule has 11 rings (SSSR count). The molecule has 0 saturated carbocycles. The predicted octanol–water partition coefficient (Wildman–Crippen LogP) is 15.5. The number of nitrogens with zero attached hydrogens (tertiary/aromatic N) is 1. The van der Waals surface area contributed by atoms with Crippen LogP contribution in [0, 0.1) is 0 Å². The Morgan fingerprint density at radius 2 is 0.946 bits per heavy atom. The fourth-order valence-corrected chi connectivity index (χ4v) is 11.1. The van der Waals surface area contributed by atoms with E-state index in [0.717, 1.165) is 11.4 Å². The molecule has 2 aliphatic rings. The van der Waals surface area contributed by atoms with Crippen LogP contribution in [0.5, 0.6) is 0 Å². The van der Waals surface area contributed by atoms with Crippen molar-refractivity contribution in [2.75, 3.05) is 4.90 Å². The summed E-state index contributed by atoms with van der Waals surface area (Å²) in [5.41, 5.74) is 19.1. The molecule has 9 aromatic rings. The van der Waals surface area contributed by atoms with Gasteiger partial charge in [0.1, 0.15) is 0 Å². The van der Waals surface area contributed by atoms with Crippen LogP contribution in [0.25, 0.3) is 64.7 Å². The van der Waals surface area contributed by atoms with Gasteiger partial charge in [-0.05, 0) is 92.0 Å². The van der Waals surface area contributed by atoms with E-state index in [9.17, 15) is 0 Å². The molecule has 0 spiro atoms. The standard InChI is InChI=1S/C54H41NS/c1-53(2)44-21-9-5-16-39(44)43-33-35(29-32-46(43)53)37-15-7-11-24-48(37)55(49-25-14-23-47-51(49)42-18-6-10-22-45(42)54(47,3)4)36-30-27-34(28-31-36)38-19-13-20-41-40-17-8-12-26-50(40)56-52(38)41/h5-33H,1-4H3. The maximum absolute atomic E-state index is 2.52.